The molecule has 2 amide bonds. The van der Waals surface area contributed by atoms with Gasteiger partial charge >= 0.3 is 5.97 Å². The van der Waals surface area contributed by atoms with Gasteiger partial charge in [-0.25, -0.2) is 0 Å². The number of unbranched alkanes of at least 4 members (excludes halogenated alkanes) is 1. The molecule has 1 aliphatic rings. The summed E-state index contributed by atoms with van der Waals surface area (Å²) in [6.07, 6.45) is 2.91. The van der Waals surface area contributed by atoms with Crippen LogP contribution in [0.3, 0.4) is 0 Å². The van der Waals surface area contributed by atoms with Crippen molar-refractivity contribution in [3.05, 3.63) is 57.6 Å². The highest BCUT2D eigenvalue weighted by Crippen LogP contribution is 2.29. The first-order valence-electron chi connectivity index (χ1n) is 11.3. The lowest BCUT2D eigenvalue weighted by molar-refractivity contribution is -0.140. The highest BCUT2D eigenvalue weighted by molar-refractivity contribution is 6.42. The average molecular weight is 523 g/mol. The van der Waals surface area contributed by atoms with Crippen LogP contribution in [0.25, 0.3) is 0 Å². The summed E-state index contributed by atoms with van der Waals surface area (Å²) in [5.74, 6) is -0.195. The number of carbonyl (C=O) groups is 3. The van der Waals surface area contributed by atoms with Gasteiger partial charge in [-0.15, -0.1) is 0 Å². The van der Waals surface area contributed by atoms with E-state index < -0.39 is 12.0 Å². The summed E-state index contributed by atoms with van der Waals surface area (Å²) in [6, 6.07) is 9.57. The van der Waals surface area contributed by atoms with Gasteiger partial charge in [-0.1, -0.05) is 35.3 Å². The Morgan fingerprint density at radius 2 is 1.80 bits per heavy atom. The summed E-state index contributed by atoms with van der Waals surface area (Å²) in [6.45, 7) is 0.932. The molecule has 35 heavy (non-hydrogen) atoms. The van der Waals surface area contributed by atoms with Gasteiger partial charge < -0.3 is 19.9 Å². The Labute approximate surface area is 214 Å². The number of aliphatic carboxylic acids is 1. The molecule has 0 radical (unpaired) electrons. The number of nitrogens with zero attached hydrogens (tertiary/aromatic N) is 1. The second-order valence-electron chi connectivity index (χ2n) is 8.13. The predicted molar refractivity (Wildman–Crippen MR) is 132 cm³/mol. The smallest absolute Gasteiger partial charge is 0.325 e. The number of nitrogens with one attached hydrogen (secondary N) is 1. The van der Waals surface area contributed by atoms with Crippen LogP contribution in [-0.2, 0) is 20.8 Å². The Morgan fingerprint density at radius 3 is 2.46 bits per heavy atom. The highest BCUT2D eigenvalue weighted by atomic mass is 35.5. The van der Waals surface area contributed by atoms with Gasteiger partial charge in [-0.2, -0.15) is 0 Å². The number of benzene rings is 2. The number of methoxy groups -OCH3 is 1. The lowest BCUT2D eigenvalue weighted by atomic mass is 10.1. The minimum Gasteiger partial charge on any atom is -0.493 e. The molecular weight excluding hydrogens is 495 g/mol. The molecule has 0 saturated carbocycles. The van der Waals surface area contributed by atoms with Crippen molar-refractivity contribution in [2.45, 2.75) is 38.1 Å². The lowest BCUT2D eigenvalue weighted by Crippen LogP contribution is -2.33. The Hall–Kier alpha value is -2.81. The lowest BCUT2D eigenvalue weighted by Gasteiger charge is -2.16. The van der Waals surface area contributed by atoms with E-state index in [0.29, 0.717) is 33.7 Å². The second-order valence-corrected chi connectivity index (χ2v) is 8.94. The van der Waals surface area contributed by atoms with Crippen molar-refractivity contribution < 1.29 is 29.0 Å². The third-order valence-corrected chi connectivity index (χ3v) is 6.46. The SMILES string of the molecule is COc1cc(CCCCNC(C(=O)O)c2ccc(Cl)c(Cl)c2)ccc1OCCN1C(=O)CCC1=O. The predicted octanol–water partition coefficient (Wildman–Crippen LogP) is 4.27. The van der Waals surface area contributed by atoms with Crippen LogP contribution in [0.1, 0.15) is 42.9 Å². The molecule has 1 heterocycles. The largest absolute Gasteiger partial charge is 0.493 e. The van der Waals surface area contributed by atoms with Gasteiger partial charge in [0.25, 0.3) is 0 Å². The van der Waals surface area contributed by atoms with Gasteiger partial charge in [-0.05, 0) is 61.2 Å². The molecule has 0 bridgehead atoms. The number of carbonyl (C=O) groups excluding carboxylic acids is 2. The number of likely N-dealkylation sites (tertiary alicyclic amines) is 1. The monoisotopic (exact) mass is 522 g/mol. The van der Waals surface area contributed by atoms with Crippen LogP contribution < -0.4 is 14.8 Å². The number of hydrogen-bond donors (Lipinski definition) is 2. The summed E-state index contributed by atoms with van der Waals surface area (Å²) in [4.78, 5) is 36.3. The molecule has 188 valence electrons. The molecule has 10 heteroatoms. The zero-order valence-corrected chi connectivity index (χ0v) is 20.9. The summed E-state index contributed by atoms with van der Waals surface area (Å²) < 4.78 is 11.2. The van der Waals surface area contributed by atoms with Gasteiger partial charge in [0.15, 0.2) is 11.5 Å². The summed E-state index contributed by atoms with van der Waals surface area (Å²) >= 11 is 11.9. The van der Waals surface area contributed by atoms with E-state index >= 15 is 0 Å². The van der Waals surface area contributed by atoms with Crippen molar-refractivity contribution in [2.75, 3.05) is 26.8 Å². The van der Waals surface area contributed by atoms with Crippen LogP contribution in [0.2, 0.25) is 10.0 Å². The van der Waals surface area contributed by atoms with Gasteiger partial charge in [0, 0.05) is 12.8 Å². The van der Waals surface area contributed by atoms with Crippen LogP contribution in [0.15, 0.2) is 36.4 Å². The Kier molecular flexibility index (Phi) is 9.77. The molecule has 8 nitrogen and oxygen atoms in total. The van der Waals surface area contributed by atoms with E-state index in [9.17, 15) is 19.5 Å². The fourth-order valence-electron chi connectivity index (χ4n) is 3.85. The van der Waals surface area contributed by atoms with E-state index in [1.165, 1.54) is 4.90 Å². The second kappa shape index (κ2) is 12.8. The standard InChI is InChI=1S/C25H28Cl2N2O6/c1-34-21-14-16(5-8-20(21)35-13-12-29-22(30)9-10-23(29)31)4-2-3-11-28-24(25(32)33)17-6-7-18(26)19(27)15-17/h5-8,14-15,24,28H,2-4,9-13H2,1H3,(H,32,33). The molecule has 1 atom stereocenters. The fourth-order valence-corrected chi connectivity index (χ4v) is 4.15. The van der Waals surface area contributed by atoms with Gasteiger partial charge in [0.2, 0.25) is 11.8 Å². The van der Waals surface area contributed by atoms with Crippen LogP contribution >= 0.6 is 23.2 Å². The van der Waals surface area contributed by atoms with E-state index in [0.717, 1.165) is 24.8 Å². The third-order valence-electron chi connectivity index (χ3n) is 5.72. The Balaban J connectivity index is 1.45. The average Bonchev–Trinajstić information content (AvgIpc) is 3.15. The molecule has 2 aromatic rings. The number of rotatable bonds is 13. The van der Waals surface area contributed by atoms with Crippen molar-refractivity contribution in [3.8, 4) is 11.5 Å². The molecule has 1 saturated heterocycles. The highest BCUT2D eigenvalue weighted by Gasteiger charge is 2.28. The number of halogens is 2. The zero-order valence-electron chi connectivity index (χ0n) is 19.4. The summed E-state index contributed by atoms with van der Waals surface area (Å²) in [7, 11) is 1.55. The number of carboxylic acids is 1. The fraction of sp³-hybridized carbons (Fsp3) is 0.400. The summed E-state index contributed by atoms with van der Waals surface area (Å²) in [5, 5.41) is 13.3. The van der Waals surface area contributed by atoms with Crippen molar-refractivity contribution >= 4 is 41.0 Å². The van der Waals surface area contributed by atoms with Gasteiger partial charge in [0.1, 0.15) is 12.6 Å². The van der Waals surface area contributed by atoms with Crippen LogP contribution in [-0.4, -0.2) is 54.6 Å². The van der Waals surface area contributed by atoms with E-state index in [1.807, 2.05) is 18.2 Å². The van der Waals surface area contributed by atoms with Crippen molar-refractivity contribution in [1.29, 1.82) is 0 Å². The maximum absolute atomic E-state index is 11.7. The number of ether oxygens (including phenoxy) is 2. The zero-order chi connectivity index (χ0) is 25.4. The Bertz CT molecular complexity index is 1060. The van der Waals surface area contributed by atoms with Crippen LogP contribution in [0.4, 0.5) is 0 Å². The first kappa shape index (κ1) is 26.8. The number of hydrogen-bond acceptors (Lipinski definition) is 6. The van der Waals surface area contributed by atoms with E-state index in [-0.39, 0.29) is 37.8 Å². The molecule has 1 unspecified atom stereocenters. The van der Waals surface area contributed by atoms with Crippen molar-refractivity contribution in [3.63, 3.8) is 0 Å². The molecule has 0 aliphatic carbocycles. The molecule has 2 aromatic carbocycles. The first-order valence-corrected chi connectivity index (χ1v) is 12.1. The van der Waals surface area contributed by atoms with Gasteiger partial charge in [0.05, 0.1) is 23.7 Å². The summed E-state index contributed by atoms with van der Waals surface area (Å²) in [5.41, 5.74) is 1.60. The van der Waals surface area contributed by atoms with E-state index in [1.54, 1.807) is 25.3 Å². The topological polar surface area (TPSA) is 105 Å². The number of aryl methyl sites for hydroxylation is 1. The maximum atomic E-state index is 11.7. The van der Waals surface area contributed by atoms with E-state index in [2.05, 4.69) is 5.32 Å². The van der Waals surface area contributed by atoms with Crippen LogP contribution in [0, 0.1) is 0 Å². The van der Waals surface area contributed by atoms with Crippen molar-refractivity contribution in [2.24, 2.45) is 0 Å². The molecule has 1 fully saturated rings. The maximum Gasteiger partial charge on any atom is 0.325 e. The first-order chi connectivity index (χ1) is 16.8. The van der Waals surface area contributed by atoms with Crippen LogP contribution in [0.5, 0.6) is 11.5 Å². The quantitative estimate of drug-likeness (QED) is 0.299. The molecular formula is C25H28Cl2N2O6. The molecule has 0 aromatic heterocycles. The minimum atomic E-state index is -0.984. The molecule has 3 rings (SSSR count). The van der Waals surface area contributed by atoms with Crippen molar-refractivity contribution in [1.82, 2.24) is 10.2 Å². The normalized spacial score (nSPS) is 14.3. The molecule has 0 spiro atoms. The Morgan fingerprint density at radius 1 is 1.06 bits per heavy atom. The molecule has 1 aliphatic heterocycles. The van der Waals surface area contributed by atoms with Gasteiger partial charge in [-0.3, -0.25) is 19.3 Å². The molecule has 2 N–H and O–H groups in total. The van der Waals surface area contributed by atoms with E-state index in [4.69, 9.17) is 32.7 Å². The number of carboxylic acid groups (broad SMARTS) is 1. The third kappa shape index (κ3) is 7.34. The number of imide groups is 1. The minimum absolute atomic E-state index is 0.165. The number of amides is 2.